The zero-order chi connectivity index (χ0) is 11.5. The van der Waals surface area contributed by atoms with Crippen LogP contribution < -0.4 is 10.1 Å². The summed E-state index contributed by atoms with van der Waals surface area (Å²) in [6.07, 6.45) is -0.553. The molecule has 1 heterocycles. The van der Waals surface area contributed by atoms with Crippen molar-refractivity contribution in [3.8, 4) is 5.75 Å². The summed E-state index contributed by atoms with van der Waals surface area (Å²) in [7, 11) is 0. The summed E-state index contributed by atoms with van der Waals surface area (Å²) in [5.74, 6) is 0.811. The molecule has 4 heteroatoms. The molecule has 0 spiro atoms. The second-order valence-corrected chi connectivity index (χ2v) is 3.97. The van der Waals surface area contributed by atoms with E-state index in [0.29, 0.717) is 13.2 Å². The quantitative estimate of drug-likeness (QED) is 0.846. The molecule has 0 saturated carbocycles. The first kappa shape index (κ1) is 10.8. The summed E-state index contributed by atoms with van der Waals surface area (Å²) in [5.41, 5.74) is 2.43. The number of rotatable bonds is 3. The standard InChI is InChI=1S/C12H15NO3/c1-8-3-4-10(5-9(8)2)15-7-11-6-13-12(14)16-11/h3-5,11H,6-7H2,1-2H3,(H,13,14)/t11-/m1/s1. The molecule has 0 unspecified atom stereocenters. The minimum absolute atomic E-state index is 0.186. The van der Waals surface area contributed by atoms with Gasteiger partial charge in [-0.2, -0.15) is 0 Å². The topological polar surface area (TPSA) is 47.6 Å². The van der Waals surface area contributed by atoms with Crippen LogP contribution in [-0.2, 0) is 4.74 Å². The third-order valence-corrected chi connectivity index (χ3v) is 2.66. The van der Waals surface area contributed by atoms with E-state index in [1.54, 1.807) is 0 Å². The summed E-state index contributed by atoms with van der Waals surface area (Å²) < 4.78 is 10.5. The summed E-state index contributed by atoms with van der Waals surface area (Å²) in [4.78, 5) is 10.8. The first-order valence-corrected chi connectivity index (χ1v) is 5.29. The van der Waals surface area contributed by atoms with Crippen LogP contribution in [0.3, 0.4) is 0 Å². The van der Waals surface area contributed by atoms with Gasteiger partial charge in [0.1, 0.15) is 12.4 Å². The summed E-state index contributed by atoms with van der Waals surface area (Å²) in [5, 5.41) is 2.59. The number of nitrogens with one attached hydrogen (secondary N) is 1. The molecule has 0 bridgehead atoms. The lowest BCUT2D eigenvalue weighted by Crippen LogP contribution is -2.21. The summed E-state index contributed by atoms with van der Waals surface area (Å²) in [6, 6.07) is 5.93. The molecule has 1 fully saturated rings. The molecule has 1 atom stereocenters. The fraction of sp³-hybridized carbons (Fsp3) is 0.417. The van der Waals surface area contributed by atoms with Crippen molar-refractivity contribution in [2.45, 2.75) is 20.0 Å². The lowest BCUT2D eigenvalue weighted by molar-refractivity contribution is 0.105. The fourth-order valence-corrected chi connectivity index (χ4v) is 1.52. The van der Waals surface area contributed by atoms with E-state index in [2.05, 4.69) is 12.2 Å². The SMILES string of the molecule is Cc1ccc(OC[C@H]2CNC(=O)O2)cc1C. The van der Waals surface area contributed by atoms with Crippen molar-refractivity contribution in [3.05, 3.63) is 29.3 Å². The van der Waals surface area contributed by atoms with Crippen LogP contribution in [0.15, 0.2) is 18.2 Å². The van der Waals surface area contributed by atoms with Gasteiger partial charge in [-0.05, 0) is 37.1 Å². The van der Waals surface area contributed by atoms with E-state index in [-0.39, 0.29) is 12.2 Å². The van der Waals surface area contributed by atoms with Crippen LogP contribution >= 0.6 is 0 Å². The highest BCUT2D eigenvalue weighted by atomic mass is 16.6. The van der Waals surface area contributed by atoms with E-state index in [1.165, 1.54) is 11.1 Å². The molecule has 0 radical (unpaired) electrons. The molecule has 0 aromatic heterocycles. The molecule has 1 saturated heterocycles. The monoisotopic (exact) mass is 221 g/mol. The normalized spacial score (nSPS) is 19.1. The average Bonchev–Trinajstić information content (AvgIpc) is 2.66. The maximum atomic E-state index is 10.8. The first-order valence-electron chi connectivity index (χ1n) is 5.29. The maximum absolute atomic E-state index is 10.8. The van der Waals surface area contributed by atoms with Crippen molar-refractivity contribution in [2.75, 3.05) is 13.2 Å². The number of ether oxygens (including phenoxy) is 2. The number of hydrogen-bond acceptors (Lipinski definition) is 3. The van der Waals surface area contributed by atoms with Gasteiger partial charge in [-0.1, -0.05) is 6.07 Å². The Labute approximate surface area is 94.6 Å². The van der Waals surface area contributed by atoms with Gasteiger partial charge in [0.05, 0.1) is 6.54 Å². The molecule has 1 aromatic rings. The second-order valence-electron chi connectivity index (χ2n) is 3.97. The largest absolute Gasteiger partial charge is 0.490 e. The van der Waals surface area contributed by atoms with Gasteiger partial charge < -0.3 is 14.8 Å². The predicted octanol–water partition coefficient (Wildman–Crippen LogP) is 1.79. The van der Waals surface area contributed by atoms with Crippen molar-refractivity contribution in [3.63, 3.8) is 0 Å². The highest BCUT2D eigenvalue weighted by molar-refractivity contribution is 5.69. The van der Waals surface area contributed by atoms with E-state index in [4.69, 9.17) is 9.47 Å². The van der Waals surface area contributed by atoms with Crippen LogP contribution in [0.5, 0.6) is 5.75 Å². The predicted molar refractivity (Wildman–Crippen MR) is 59.7 cm³/mol. The Morgan fingerprint density at radius 1 is 1.44 bits per heavy atom. The maximum Gasteiger partial charge on any atom is 0.407 e. The number of carbonyl (C=O) groups excluding carboxylic acids is 1. The zero-order valence-electron chi connectivity index (χ0n) is 9.45. The third kappa shape index (κ3) is 2.45. The van der Waals surface area contributed by atoms with Gasteiger partial charge in [0.2, 0.25) is 0 Å². The van der Waals surface area contributed by atoms with Gasteiger partial charge in [0.25, 0.3) is 0 Å². The van der Waals surface area contributed by atoms with Crippen molar-refractivity contribution >= 4 is 6.09 Å². The van der Waals surface area contributed by atoms with Crippen molar-refractivity contribution < 1.29 is 14.3 Å². The van der Waals surface area contributed by atoms with Gasteiger partial charge in [0.15, 0.2) is 6.10 Å². The Bertz CT molecular complexity index is 403. The number of benzene rings is 1. The molecule has 2 rings (SSSR count). The molecule has 1 aliphatic heterocycles. The van der Waals surface area contributed by atoms with E-state index < -0.39 is 0 Å². The highest BCUT2D eigenvalue weighted by Crippen LogP contribution is 2.17. The minimum atomic E-state index is -0.367. The van der Waals surface area contributed by atoms with Crippen LogP contribution in [-0.4, -0.2) is 25.3 Å². The van der Waals surface area contributed by atoms with E-state index in [1.807, 2.05) is 25.1 Å². The van der Waals surface area contributed by atoms with Gasteiger partial charge in [-0.15, -0.1) is 0 Å². The number of alkyl carbamates (subject to hydrolysis) is 1. The van der Waals surface area contributed by atoms with Crippen LogP contribution in [0.25, 0.3) is 0 Å². The molecule has 1 aromatic carbocycles. The number of hydrogen-bond donors (Lipinski definition) is 1. The number of amides is 1. The molecule has 4 nitrogen and oxygen atoms in total. The van der Waals surface area contributed by atoms with Gasteiger partial charge >= 0.3 is 6.09 Å². The summed E-state index contributed by atoms with van der Waals surface area (Å²) >= 11 is 0. The second kappa shape index (κ2) is 4.43. The number of cyclic esters (lactones) is 1. The minimum Gasteiger partial charge on any atom is -0.490 e. The molecule has 1 amide bonds. The Hall–Kier alpha value is -1.71. The first-order chi connectivity index (χ1) is 7.65. The highest BCUT2D eigenvalue weighted by Gasteiger charge is 2.22. The third-order valence-electron chi connectivity index (χ3n) is 2.66. The Morgan fingerprint density at radius 3 is 2.88 bits per heavy atom. The molecular formula is C12H15NO3. The molecular weight excluding hydrogens is 206 g/mol. The van der Waals surface area contributed by atoms with E-state index >= 15 is 0 Å². The van der Waals surface area contributed by atoms with Gasteiger partial charge in [-0.3, -0.25) is 0 Å². The van der Waals surface area contributed by atoms with Crippen LogP contribution in [0.4, 0.5) is 4.79 Å². The Kier molecular flexibility index (Phi) is 2.99. The molecule has 1 aliphatic rings. The number of aryl methyl sites for hydroxylation is 2. The molecule has 16 heavy (non-hydrogen) atoms. The summed E-state index contributed by atoms with van der Waals surface area (Å²) in [6.45, 7) is 5.01. The van der Waals surface area contributed by atoms with Crippen molar-refractivity contribution in [1.29, 1.82) is 0 Å². The van der Waals surface area contributed by atoms with Crippen LogP contribution in [0.1, 0.15) is 11.1 Å². The zero-order valence-corrected chi connectivity index (χ0v) is 9.45. The van der Waals surface area contributed by atoms with Crippen LogP contribution in [0, 0.1) is 13.8 Å². The van der Waals surface area contributed by atoms with Crippen molar-refractivity contribution in [2.24, 2.45) is 0 Å². The van der Waals surface area contributed by atoms with Crippen molar-refractivity contribution in [1.82, 2.24) is 5.32 Å². The smallest absolute Gasteiger partial charge is 0.407 e. The lowest BCUT2D eigenvalue weighted by atomic mass is 10.1. The van der Waals surface area contributed by atoms with E-state index in [0.717, 1.165) is 5.75 Å². The van der Waals surface area contributed by atoms with Gasteiger partial charge in [0, 0.05) is 0 Å². The average molecular weight is 221 g/mol. The number of carbonyl (C=O) groups is 1. The van der Waals surface area contributed by atoms with Crippen LogP contribution in [0.2, 0.25) is 0 Å². The molecule has 1 N–H and O–H groups in total. The molecule has 86 valence electrons. The van der Waals surface area contributed by atoms with Gasteiger partial charge in [-0.25, -0.2) is 4.79 Å². The van der Waals surface area contributed by atoms with E-state index in [9.17, 15) is 4.79 Å². The Balaban J connectivity index is 1.89. The lowest BCUT2D eigenvalue weighted by Gasteiger charge is -2.11. The fourth-order valence-electron chi connectivity index (χ4n) is 1.52. The Morgan fingerprint density at radius 2 is 2.25 bits per heavy atom. The molecule has 0 aliphatic carbocycles.